The standard InChI is InChI=1S/C22H22N2O5/c1-27-14-6-7-16-17(10-14)22(21(25)26,11-15-12-28-8-9-29-15)13-24-19-5-3-2-4-18(19)23-20(16)24/h2-7,10,15H,8-9,11-13H2,1H3,(H,25,26). The first-order chi connectivity index (χ1) is 14.1. The van der Waals surface area contributed by atoms with Gasteiger partial charge in [-0.25, -0.2) is 4.98 Å². The number of carboxylic acids is 1. The number of para-hydroxylation sites is 2. The van der Waals surface area contributed by atoms with Crippen molar-refractivity contribution < 1.29 is 24.1 Å². The third kappa shape index (κ3) is 2.81. The topological polar surface area (TPSA) is 82.8 Å². The van der Waals surface area contributed by atoms with Gasteiger partial charge >= 0.3 is 5.97 Å². The first-order valence-electron chi connectivity index (χ1n) is 9.69. The number of methoxy groups -OCH3 is 1. The molecule has 1 N–H and O–H groups in total. The maximum atomic E-state index is 12.8. The number of carbonyl (C=O) groups is 1. The fraction of sp³-hybridized carbons (Fsp3) is 0.364. The second-order valence-electron chi connectivity index (χ2n) is 7.58. The summed E-state index contributed by atoms with van der Waals surface area (Å²) in [6, 6.07) is 13.4. The fourth-order valence-corrected chi connectivity index (χ4v) is 4.53. The molecule has 2 aromatic carbocycles. The SMILES string of the molecule is COc1ccc2c(c1)C(CC1COCCO1)(C(=O)O)Cn1c-2nc2ccccc21. The fourth-order valence-electron chi connectivity index (χ4n) is 4.53. The molecule has 1 aromatic heterocycles. The van der Waals surface area contributed by atoms with Crippen LogP contribution in [0.5, 0.6) is 5.75 Å². The van der Waals surface area contributed by atoms with Crippen LogP contribution in [0.2, 0.25) is 0 Å². The molecular formula is C22H22N2O5. The van der Waals surface area contributed by atoms with Crippen LogP contribution in [-0.2, 0) is 26.2 Å². The Morgan fingerprint density at radius 3 is 2.93 bits per heavy atom. The zero-order chi connectivity index (χ0) is 20.0. The smallest absolute Gasteiger partial charge is 0.316 e. The molecule has 0 saturated carbocycles. The Labute approximate surface area is 167 Å². The molecule has 2 aliphatic rings. The third-order valence-electron chi connectivity index (χ3n) is 5.94. The average Bonchev–Trinajstić information content (AvgIpc) is 3.12. The monoisotopic (exact) mass is 394 g/mol. The van der Waals surface area contributed by atoms with E-state index in [4.69, 9.17) is 19.2 Å². The predicted molar refractivity (Wildman–Crippen MR) is 106 cm³/mol. The number of imidazole rings is 1. The number of hydrogen-bond acceptors (Lipinski definition) is 5. The molecule has 3 aromatic rings. The van der Waals surface area contributed by atoms with Crippen LogP contribution < -0.4 is 4.74 Å². The number of aliphatic carboxylic acids is 1. The normalized spacial score (nSPS) is 23.4. The molecule has 1 fully saturated rings. The van der Waals surface area contributed by atoms with E-state index in [1.807, 2.05) is 47.0 Å². The summed E-state index contributed by atoms with van der Waals surface area (Å²) >= 11 is 0. The van der Waals surface area contributed by atoms with E-state index in [0.29, 0.717) is 37.6 Å². The highest BCUT2D eigenvalue weighted by atomic mass is 16.6. The number of benzene rings is 2. The highest BCUT2D eigenvalue weighted by Crippen LogP contribution is 2.46. The van der Waals surface area contributed by atoms with Gasteiger partial charge in [-0.15, -0.1) is 0 Å². The Balaban J connectivity index is 1.73. The molecule has 2 unspecified atom stereocenters. The molecule has 150 valence electrons. The number of ether oxygens (including phenoxy) is 3. The van der Waals surface area contributed by atoms with E-state index >= 15 is 0 Å². The lowest BCUT2D eigenvalue weighted by atomic mass is 9.71. The van der Waals surface area contributed by atoms with Crippen molar-refractivity contribution in [1.82, 2.24) is 9.55 Å². The van der Waals surface area contributed by atoms with Gasteiger partial charge in [0.25, 0.3) is 0 Å². The molecule has 7 heteroatoms. The maximum absolute atomic E-state index is 12.8. The van der Waals surface area contributed by atoms with Crippen molar-refractivity contribution in [3.8, 4) is 17.1 Å². The third-order valence-corrected chi connectivity index (χ3v) is 5.94. The van der Waals surface area contributed by atoms with Crippen molar-refractivity contribution in [1.29, 1.82) is 0 Å². The minimum atomic E-state index is -1.17. The van der Waals surface area contributed by atoms with Gasteiger partial charge in [0.15, 0.2) is 0 Å². The van der Waals surface area contributed by atoms with Crippen LogP contribution in [0.15, 0.2) is 42.5 Å². The van der Waals surface area contributed by atoms with E-state index in [0.717, 1.165) is 22.4 Å². The van der Waals surface area contributed by atoms with Gasteiger partial charge in [-0.3, -0.25) is 4.79 Å². The number of aromatic nitrogens is 2. The maximum Gasteiger partial charge on any atom is 0.316 e. The Hall–Kier alpha value is -2.90. The first kappa shape index (κ1) is 18.1. The van der Waals surface area contributed by atoms with Crippen LogP contribution in [-0.4, -0.2) is 53.7 Å². The molecule has 0 spiro atoms. The van der Waals surface area contributed by atoms with Gasteiger partial charge < -0.3 is 23.9 Å². The largest absolute Gasteiger partial charge is 0.497 e. The van der Waals surface area contributed by atoms with E-state index in [1.165, 1.54) is 0 Å². The average molecular weight is 394 g/mol. The first-order valence-corrected chi connectivity index (χ1v) is 9.69. The molecule has 29 heavy (non-hydrogen) atoms. The van der Waals surface area contributed by atoms with Gasteiger partial charge in [0.1, 0.15) is 17.0 Å². The summed E-state index contributed by atoms with van der Waals surface area (Å²) in [5, 5.41) is 10.5. The van der Waals surface area contributed by atoms with Crippen LogP contribution in [0, 0.1) is 0 Å². The van der Waals surface area contributed by atoms with Crippen molar-refractivity contribution in [3.63, 3.8) is 0 Å². The lowest BCUT2D eigenvalue weighted by Crippen LogP contribution is -2.47. The van der Waals surface area contributed by atoms with Gasteiger partial charge in [0.2, 0.25) is 0 Å². The lowest BCUT2D eigenvalue weighted by molar-refractivity contribution is -0.150. The minimum absolute atomic E-state index is 0.276. The quantitative estimate of drug-likeness (QED) is 0.733. The van der Waals surface area contributed by atoms with Crippen molar-refractivity contribution >= 4 is 17.0 Å². The molecule has 0 aliphatic carbocycles. The number of carboxylic acid groups (broad SMARTS) is 1. The molecule has 3 heterocycles. The van der Waals surface area contributed by atoms with E-state index in [9.17, 15) is 9.90 Å². The van der Waals surface area contributed by atoms with Crippen molar-refractivity contribution in [2.75, 3.05) is 26.9 Å². The van der Waals surface area contributed by atoms with Gasteiger partial charge in [0, 0.05) is 12.1 Å². The summed E-state index contributed by atoms with van der Waals surface area (Å²) in [7, 11) is 1.58. The molecule has 0 radical (unpaired) electrons. The summed E-state index contributed by atoms with van der Waals surface area (Å²) in [5.74, 6) is 0.519. The molecule has 0 bridgehead atoms. The highest BCUT2D eigenvalue weighted by Gasteiger charge is 2.48. The minimum Gasteiger partial charge on any atom is -0.497 e. The number of nitrogens with zero attached hydrogens (tertiary/aromatic N) is 2. The second kappa shape index (κ2) is 6.86. The van der Waals surface area contributed by atoms with Crippen molar-refractivity contribution in [2.45, 2.75) is 24.5 Å². The summed E-state index contributed by atoms with van der Waals surface area (Å²) < 4.78 is 18.8. The van der Waals surface area contributed by atoms with Crippen LogP contribution in [0.25, 0.3) is 22.4 Å². The van der Waals surface area contributed by atoms with Crippen LogP contribution in [0.1, 0.15) is 12.0 Å². The second-order valence-corrected chi connectivity index (χ2v) is 7.58. The zero-order valence-corrected chi connectivity index (χ0v) is 16.1. The van der Waals surface area contributed by atoms with Gasteiger partial charge in [-0.05, 0) is 42.3 Å². The Bertz CT molecular complexity index is 1090. The van der Waals surface area contributed by atoms with Crippen molar-refractivity contribution in [2.24, 2.45) is 0 Å². The van der Waals surface area contributed by atoms with E-state index < -0.39 is 11.4 Å². The molecule has 2 atom stereocenters. The van der Waals surface area contributed by atoms with E-state index in [-0.39, 0.29) is 12.6 Å². The van der Waals surface area contributed by atoms with E-state index in [2.05, 4.69) is 0 Å². The Morgan fingerprint density at radius 2 is 2.17 bits per heavy atom. The molecule has 2 aliphatic heterocycles. The van der Waals surface area contributed by atoms with E-state index in [1.54, 1.807) is 7.11 Å². The molecule has 0 amide bonds. The number of rotatable bonds is 4. The Morgan fingerprint density at radius 1 is 1.31 bits per heavy atom. The van der Waals surface area contributed by atoms with Gasteiger partial charge in [0.05, 0.1) is 44.1 Å². The predicted octanol–water partition coefficient (Wildman–Crippen LogP) is 2.85. The zero-order valence-electron chi connectivity index (χ0n) is 16.1. The van der Waals surface area contributed by atoms with Crippen LogP contribution in [0.3, 0.4) is 0 Å². The molecule has 7 nitrogen and oxygen atoms in total. The summed E-state index contributed by atoms with van der Waals surface area (Å²) in [6.07, 6.45) is 0.0317. The molecular weight excluding hydrogens is 372 g/mol. The Kier molecular flexibility index (Phi) is 4.29. The van der Waals surface area contributed by atoms with Gasteiger partial charge in [-0.2, -0.15) is 0 Å². The van der Waals surface area contributed by atoms with Gasteiger partial charge in [-0.1, -0.05) is 12.1 Å². The van der Waals surface area contributed by atoms with Crippen LogP contribution >= 0.6 is 0 Å². The molecule has 1 saturated heterocycles. The lowest BCUT2D eigenvalue weighted by Gasteiger charge is -2.39. The highest BCUT2D eigenvalue weighted by molar-refractivity contribution is 5.90. The van der Waals surface area contributed by atoms with Crippen LogP contribution in [0.4, 0.5) is 0 Å². The summed E-state index contributed by atoms with van der Waals surface area (Å²) in [5.41, 5.74) is 2.12. The summed E-state index contributed by atoms with van der Waals surface area (Å²) in [4.78, 5) is 17.6. The van der Waals surface area contributed by atoms with Crippen molar-refractivity contribution in [3.05, 3.63) is 48.0 Å². The molecule has 5 rings (SSSR count). The number of hydrogen-bond donors (Lipinski definition) is 1. The summed E-state index contributed by atoms with van der Waals surface area (Å²) in [6.45, 7) is 1.69. The number of fused-ring (bicyclic) bond motifs is 5.